The third-order valence-corrected chi connectivity index (χ3v) is 4.76. The number of rotatable bonds is 6. The second-order valence-corrected chi connectivity index (χ2v) is 5.53. The number of carbonyl (C=O) groups excluding carboxylic acids is 1. The molecule has 0 bridgehead atoms. The quantitative estimate of drug-likeness (QED) is 0.455. The lowest BCUT2D eigenvalue weighted by atomic mass is 9.90. The lowest BCUT2D eigenvalue weighted by Crippen LogP contribution is -2.31. The number of aromatic hydroxyl groups is 1. The molecule has 0 amide bonds. The summed E-state index contributed by atoms with van der Waals surface area (Å²) >= 11 is 3.53. The largest absolute Gasteiger partial charge is 0.504 e. The first kappa shape index (κ1) is 14.5. The van der Waals surface area contributed by atoms with Crippen molar-refractivity contribution >= 4 is 39.9 Å². The van der Waals surface area contributed by atoms with Gasteiger partial charge in [0.25, 0.3) is 0 Å². The maximum atomic E-state index is 11.2. The average Bonchev–Trinajstić information content (AvgIpc) is 2.72. The summed E-state index contributed by atoms with van der Waals surface area (Å²) in [6, 6.07) is 0. The summed E-state index contributed by atoms with van der Waals surface area (Å²) in [6.07, 6.45) is 0.178. The summed E-state index contributed by atoms with van der Waals surface area (Å²) < 4.78 is 6.20. The number of alkyl halides is 1. The van der Waals surface area contributed by atoms with Gasteiger partial charge in [0.05, 0.1) is 13.0 Å². The normalized spacial score (nSPS) is 14.1. The van der Waals surface area contributed by atoms with Crippen LogP contribution in [0.25, 0.3) is 0 Å². The van der Waals surface area contributed by atoms with Crippen LogP contribution in [0.15, 0.2) is 10.8 Å². The van der Waals surface area contributed by atoms with E-state index in [4.69, 9.17) is 10.6 Å². The molecule has 1 aromatic rings. The number of thiophene rings is 1. The van der Waals surface area contributed by atoms with Crippen molar-refractivity contribution in [3.05, 3.63) is 10.8 Å². The van der Waals surface area contributed by atoms with Gasteiger partial charge in [-0.25, -0.2) is 0 Å². The first-order chi connectivity index (χ1) is 8.00. The Morgan fingerprint density at radius 3 is 2.82 bits per heavy atom. The van der Waals surface area contributed by atoms with Gasteiger partial charge in [0.2, 0.25) is 0 Å². The van der Waals surface area contributed by atoms with Crippen LogP contribution in [-0.2, 0) is 9.63 Å². The number of hydrogen-bond donors (Lipinski definition) is 2. The third-order valence-electron chi connectivity index (χ3n) is 2.21. The van der Waals surface area contributed by atoms with Crippen molar-refractivity contribution in [2.45, 2.75) is 13.3 Å². The Labute approximate surface area is 117 Å². The van der Waals surface area contributed by atoms with E-state index >= 15 is 0 Å². The summed E-state index contributed by atoms with van der Waals surface area (Å²) in [5.41, 5.74) is -0.370. The van der Waals surface area contributed by atoms with Crippen LogP contribution in [0.2, 0.25) is 0 Å². The Kier molecular flexibility index (Phi) is 5.47. The second kappa shape index (κ2) is 6.41. The maximum absolute atomic E-state index is 11.2. The van der Waals surface area contributed by atoms with E-state index in [1.54, 1.807) is 10.8 Å². The van der Waals surface area contributed by atoms with Gasteiger partial charge in [-0.1, -0.05) is 29.5 Å². The molecule has 0 saturated carbocycles. The summed E-state index contributed by atoms with van der Waals surface area (Å²) in [7, 11) is 0. The van der Waals surface area contributed by atoms with Crippen molar-refractivity contribution < 1.29 is 19.5 Å². The Balaban J connectivity index is 2.57. The lowest BCUT2D eigenvalue weighted by molar-refractivity contribution is -0.146. The molecule has 0 aliphatic rings. The predicted molar refractivity (Wildman–Crippen MR) is 73.4 cm³/mol. The van der Waals surface area contributed by atoms with Crippen LogP contribution in [0.5, 0.6) is 11.5 Å². The molecule has 17 heavy (non-hydrogen) atoms. The smallest absolute Gasteiger partial charge is 0.325 e. The number of halogens is 1. The molecule has 5 nitrogen and oxygen atoms in total. The third kappa shape index (κ3) is 4.32. The molecule has 0 spiro atoms. The Morgan fingerprint density at radius 2 is 2.35 bits per heavy atom. The van der Waals surface area contributed by atoms with Crippen LogP contribution >= 0.6 is 33.9 Å². The summed E-state index contributed by atoms with van der Waals surface area (Å²) in [6.45, 7) is 2.22. The summed E-state index contributed by atoms with van der Waals surface area (Å²) in [5, 5.41) is 12.7. The van der Waals surface area contributed by atoms with Crippen molar-refractivity contribution in [1.82, 2.24) is 0 Å². The van der Waals surface area contributed by atoms with Gasteiger partial charge < -0.3 is 14.7 Å². The molecule has 1 unspecified atom stereocenters. The molecule has 96 valence electrons. The van der Waals surface area contributed by atoms with Crippen molar-refractivity contribution in [3.63, 3.8) is 0 Å². The molecule has 0 fully saturated rings. The first-order valence-electron chi connectivity index (χ1n) is 4.84. The van der Waals surface area contributed by atoms with Gasteiger partial charge in [-0.05, 0) is 0 Å². The highest BCUT2D eigenvalue weighted by molar-refractivity contribution is 14.1. The molecule has 1 aromatic heterocycles. The molecule has 0 saturated heterocycles. The maximum Gasteiger partial charge on any atom is 0.325 e. The van der Waals surface area contributed by atoms with Gasteiger partial charge in [0.1, 0.15) is 0 Å². The van der Waals surface area contributed by atoms with E-state index in [9.17, 15) is 9.90 Å². The van der Waals surface area contributed by atoms with Crippen LogP contribution < -0.4 is 10.6 Å². The Bertz CT molecular complexity index is 384. The molecular formula is C10H14INO4S. The van der Waals surface area contributed by atoms with E-state index in [0.29, 0.717) is 16.8 Å². The number of nitrogens with two attached hydrogens (primary N) is 1. The van der Waals surface area contributed by atoms with Gasteiger partial charge in [0, 0.05) is 20.6 Å². The minimum Gasteiger partial charge on any atom is -0.504 e. The predicted octanol–water partition coefficient (Wildman–Crippen LogP) is 2.08. The molecule has 1 atom stereocenters. The summed E-state index contributed by atoms with van der Waals surface area (Å²) in [4.78, 5) is 15.3. The lowest BCUT2D eigenvalue weighted by Gasteiger charge is -2.25. The molecule has 1 rings (SSSR count). The Morgan fingerprint density at radius 1 is 1.65 bits per heavy atom. The average molecular weight is 371 g/mol. The van der Waals surface area contributed by atoms with E-state index in [1.165, 1.54) is 11.3 Å². The number of ether oxygens (including phenoxy) is 1. The van der Waals surface area contributed by atoms with E-state index in [0.717, 1.165) is 0 Å². The Hall–Kier alpha value is -0.540. The van der Waals surface area contributed by atoms with Crippen molar-refractivity contribution in [2.24, 2.45) is 11.3 Å². The van der Waals surface area contributed by atoms with Crippen LogP contribution in [0.3, 0.4) is 0 Å². The topological polar surface area (TPSA) is 81.8 Å². The van der Waals surface area contributed by atoms with E-state index in [-0.39, 0.29) is 17.6 Å². The van der Waals surface area contributed by atoms with Crippen LogP contribution in [0.4, 0.5) is 0 Å². The standard InChI is InChI=1S/C10H14INO4S/c1-10(5-11,2-9(14)16-12)6-15-8-4-17-3-7(8)13/h3-4,13H,2,5-6,12H2,1H3. The van der Waals surface area contributed by atoms with Crippen molar-refractivity contribution in [2.75, 3.05) is 11.0 Å². The van der Waals surface area contributed by atoms with E-state index in [1.807, 2.05) is 6.92 Å². The van der Waals surface area contributed by atoms with E-state index in [2.05, 4.69) is 27.4 Å². The van der Waals surface area contributed by atoms with Crippen LogP contribution in [0, 0.1) is 5.41 Å². The van der Waals surface area contributed by atoms with Crippen molar-refractivity contribution in [1.29, 1.82) is 0 Å². The molecule has 3 N–H and O–H groups in total. The first-order valence-corrected chi connectivity index (χ1v) is 7.31. The molecule has 7 heteroatoms. The zero-order chi connectivity index (χ0) is 12.9. The van der Waals surface area contributed by atoms with Gasteiger partial charge in [-0.15, -0.1) is 11.3 Å². The fourth-order valence-electron chi connectivity index (χ4n) is 1.17. The van der Waals surface area contributed by atoms with Crippen LogP contribution in [0.1, 0.15) is 13.3 Å². The van der Waals surface area contributed by atoms with Gasteiger partial charge >= 0.3 is 5.97 Å². The monoisotopic (exact) mass is 371 g/mol. The van der Waals surface area contributed by atoms with E-state index < -0.39 is 5.97 Å². The van der Waals surface area contributed by atoms with Gasteiger partial charge in [0.15, 0.2) is 11.5 Å². The molecule has 1 heterocycles. The fourth-order valence-corrected chi connectivity index (χ4v) is 2.28. The van der Waals surface area contributed by atoms with Crippen molar-refractivity contribution in [3.8, 4) is 11.5 Å². The number of hydrogen-bond acceptors (Lipinski definition) is 6. The molecular weight excluding hydrogens is 357 g/mol. The zero-order valence-electron chi connectivity index (χ0n) is 9.31. The molecule has 0 radical (unpaired) electrons. The summed E-state index contributed by atoms with van der Waals surface area (Å²) in [5.74, 6) is 4.90. The minimum atomic E-state index is -0.470. The van der Waals surface area contributed by atoms with Gasteiger partial charge in [-0.3, -0.25) is 4.79 Å². The zero-order valence-corrected chi connectivity index (χ0v) is 12.3. The highest BCUT2D eigenvalue weighted by Crippen LogP contribution is 2.33. The number of carbonyl (C=O) groups is 1. The molecule has 0 aliphatic heterocycles. The second-order valence-electron chi connectivity index (χ2n) is 4.02. The van der Waals surface area contributed by atoms with Crippen LogP contribution in [-0.4, -0.2) is 22.1 Å². The fraction of sp³-hybridized carbons (Fsp3) is 0.500. The highest BCUT2D eigenvalue weighted by Gasteiger charge is 2.28. The van der Waals surface area contributed by atoms with Gasteiger partial charge in [-0.2, -0.15) is 5.90 Å². The molecule has 0 aromatic carbocycles. The minimum absolute atomic E-state index is 0.118. The SMILES string of the molecule is CC(CI)(COc1cscc1O)CC(=O)ON. The molecule has 0 aliphatic carbocycles. The highest BCUT2D eigenvalue weighted by atomic mass is 127.